The van der Waals surface area contributed by atoms with Gasteiger partial charge in [-0.3, -0.25) is 4.79 Å². The van der Waals surface area contributed by atoms with Crippen molar-refractivity contribution in [3.05, 3.63) is 20.3 Å². The summed E-state index contributed by atoms with van der Waals surface area (Å²) in [7, 11) is 0. The molecular weight excluding hydrogens is 314 g/mol. The van der Waals surface area contributed by atoms with Crippen LogP contribution in [0.4, 0.5) is 8.78 Å². The van der Waals surface area contributed by atoms with Crippen molar-refractivity contribution in [1.82, 2.24) is 0 Å². The smallest absolute Gasteiger partial charge is 0.303 e. The molecule has 0 aromatic carbocycles. The minimum Gasteiger partial charge on any atom is -0.481 e. The van der Waals surface area contributed by atoms with Crippen molar-refractivity contribution < 1.29 is 18.7 Å². The van der Waals surface area contributed by atoms with Gasteiger partial charge in [0.1, 0.15) is 0 Å². The van der Waals surface area contributed by atoms with Crippen molar-refractivity contribution in [1.29, 1.82) is 0 Å². The van der Waals surface area contributed by atoms with Crippen molar-refractivity contribution in [2.75, 3.05) is 0 Å². The van der Waals surface area contributed by atoms with E-state index in [0.717, 1.165) is 16.2 Å². The number of hydrogen-bond acceptors (Lipinski definition) is 2. The topological polar surface area (TPSA) is 37.3 Å². The molecule has 0 saturated carbocycles. The fourth-order valence-corrected chi connectivity index (χ4v) is 3.55. The lowest BCUT2D eigenvalue weighted by molar-refractivity contribution is -0.138. The molecule has 0 amide bonds. The van der Waals surface area contributed by atoms with Crippen LogP contribution in [-0.2, 0) is 10.7 Å². The van der Waals surface area contributed by atoms with Gasteiger partial charge in [-0.1, -0.05) is 6.92 Å². The van der Waals surface area contributed by atoms with Gasteiger partial charge in [-0.15, -0.1) is 11.3 Å². The van der Waals surface area contributed by atoms with Crippen LogP contribution < -0.4 is 0 Å². The summed E-state index contributed by atoms with van der Waals surface area (Å²) in [6, 6.07) is 1.65. The minimum absolute atomic E-state index is 0.0211. The molecule has 1 aromatic rings. The highest BCUT2D eigenvalue weighted by molar-refractivity contribution is 9.10. The van der Waals surface area contributed by atoms with Crippen LogP contribution in [0.5, 0.6) is 0 Å². The maximum Gasteiger partial charge on any atom is 0.303 e. The molecule has 1 unspecified atom stereocenters. The van der Waals surface area contributed by atoms with E-state index in [4.69, 9.17) is 5.11 Å². The molecule has 6 heteroatoms. The number of halogens is 3. The summed E-state index contributed by atoms with van der Waals surface area (Å²) >= 11 is 4.15. The highest BCUT2D eigenvalue weighted by atomic mass is 79.9. The van der Waals surface area contributed by atoms with E-state index in [1.54, 1.807) is 13.0 Å². The van der Waals surface area contributed by atoms with Crippen LogP contribution in [-0.4, -0.2) is 11.1 Å². The minimum atomic E-state index is -2.98. The maximum absolute atomic E-state index is 13.9. The molecule has 2 nitrogen and oxygen atoms in total. The molecule has 1 aromatic heterocycles. The zero-order valence-corrected chi connectivity index (χ0v) is 11.9. The van der Waals surface area contributed by atoms with Crippen molar-refractivity contribution in [3.8, 4) is 0 Å². The van der Waals surface area contributed by atoms with Gasteiger partial charge >= 0.3 is 5.97 Å². The van der Waals surface area contributed by atoms with Gasteiger partial charge in [-0.05, 0) is 34.8 Å². The zero-order valence-electron chi connectivity index (χ0n) is 9.47. The molecule has 0 bridgehead atoms. The first kappa shape index (κ1) is 14.6. The quantitative estimate of drug-likeness (QED) is 0.870. The third-order valence-electron chi connectivity index (χ3n) is 2.27. The molecule has 1 atom stereocenters. The van der Waals surface area contributed by atoms with Gasteiger partial charge in [0.25, 0.3) is 5.92 Å². The second-order valence-electron chi connectivity index (χ2n) is 4.15. The predicted molar refractivity (Wildman–Crippen MR) is 66.7 cm³/mol. The highest BCUT2D eigenvalue weighted by Gasteiger charge is 2.37. The van der Waals surface area contributed by atoms with Gasteiger partial charge in [-0.25, -0.2) is 8.78 Å². The Hall–Kier alpha value is -0.490. The van der Waals surface area contributed by atoms with Crippen LogP contribution in [0.15, 0.2) is 10.5 Å². The SMILES string of the molecule is Cc1cc(Br)c(C(F)(F)CC(C)CC(=O)O)s1. The molecule has 0 aliphatic heterocycles. The van der Waals surface area contributed by atoms with Crippen LogP contribution in [0.1, 0.15) is 29.5 Å². The number of carboxylic acid groups (broad SMARTS) is 1. The van der Waals surface area contributed by atoms with Crippen molar-refractivity contribution in [2.24, 2.45) is 5.92 Å². The third-order valence-corrected chi connectivity index (χ3v) is 4.32. The average molecular weight is 327 g/mol. The van der Waals surface area contributed by atoms with Gasteiger partial charge < -0.3 is 5.11 Å². The molecule has 0 spiro atoms. The Bertz CT molecular complexity index is 418. The van der Waals surface area contributed by atoms with E-state index in [9.17, 15) is 13.6 Å². The second kappa shape index (κ2) is 5.44. The Morgan fingerprint density at radius 3 is 2.65 bits per heavy atom. The second-order valence-corrected chi connectivity index (χ2v) is 6.26. The molecule has 1 N–H and O–H groups in total. The summed E-state index contributed by atoms with van der Waals surface area (Å²) in [5.74, 6) is -4.58. The van der Waals surface area contributed by atoms with Gasteiger partial charge in [0, 0.05) is 22.2 Å². The summed E-state index contributed by atoms with van der Waals surface area (Å²) in [6.07, 6.45) is -0.685. The first-order chi connectivity index (χ1) is 7.72. The van der Waals surface area contributed by atoms with Crippen molar-refractivity contribution in [3.63, 3.8) is 0 Å². The van der Waals surface area contributed by atoms with Crippen LogP contribution >= 0.6 is 27.3 Å². The maximum atomic E-state index is 13.9. The van der Waals surface area contributed by atoms with E-state index in [1.807, 2.05) is 0 Å². The van der Waals surface area contributed by atoms with E-state index in [1.165, 1.54) is 6.92 Å². The highest BCUT2D eigenvalue weighted by Crippen LogP contribution is 2.43. The summed E-state index contributed by atoms with van der Waals surface area (Å²) in [5, 5.41) is 8.56. The van der Waals surface area contributed by atoms with Crippen LogP contribution in [0.2, 0.25) is 0 Å². The molecular formula is C11H13BrF2O2S. The molecule has 17 heavy (non-hydrogen) atoms. The lowest BCUT2D eigenvalue weighted by Crippen LogP contribution is -2.18. The first-order valence-electron chi connectivity index (χ1n) is 5.08. The summed E-state index contributed by atoms with van der Waals surface area (Å²) in [4.78, 5) is 11.2. The van der Waals surface area contributed by atoms with Crippen molar-refractivity contribution >= 4 is 33.2 Å². The molecule has 0 saturated heterocycles. The van der Waals surface area contributed by atoms with E-state index >= 15 is 0 Å². The van der Waals surface area contributed by atoms with E-state index in [2.05, 4.69) is 15.9 Å². The molecule has 1 heterocycles. The molecule has 0 fully saturated rings. The van der Waals surface area contributed by atoms with Crippen molar-refractivity contribution in [2.45, 2.75) is 32.6 Å². The predicted octanol–water partition coefficient (Wildman–Crippen LogP) is 4.41. The molecule has 0 aliphatic carbocycles. The van der Waals surface area contributed by atoms with Gasteiger partial charge in [0.15, 0.2) is 0 Å². The van der Waals surface area contributed by atoms with Crippen LogP contribution in [0.3, 0.4) is 0 Å². The normalized spacial score (nSPS) is 13.7. The van der Waals surface area contributed by atoms with E-state index in [0.29, 0.717) is 4.47 Å². The third kappa shape index (κ3) is 4.03. The van der Waals surface area contributed by atoms with Gasteiger partial charge in [0.05, 0.1) is 4.88 Å². The fourth-order valence-electron chi connectivity index (χ4n) is 1.63. The number of alkyl halides is 2. The molecule has 0 aliphatic rings. The fraction of sp³-hybridized carbons (Fsp3) is 0.545. The summed E-state index contributed by atoms with van der Waals surface area (Å²) in [6.45, 7) is 3.28. The average Bonchev–Trinajstić information content (AvgIpc) is 2.42. The monoisotopic (exact) mass is 326 g/mol. The number of thiophene rings is 1. The molecule has 96 valence electrons. The number of aliphatic carboxylic acids is 1. The lowest BCUT2D eigenvalue weighted by atomic mass is 9.99. The number of carboxylic acids is 1. The van der Waals surface area contributed by atoms with E-state index < -0.39 is 24.2 Å². The Labute approximate surface area is 111 Å². The van der Waals surface area contributed by atoms with Crippen LogP contribution in [0, 0.1) is 12.8 Å². The number of aryl methyl sites for hydroxylation is 1. The van der Waals surface area contributed by atoms with Gasteiger partial charge in [0.2, 0.25) is 0 Å². The Morgan fingerprint density at radius 1 is 1.65 bits per heavy atom. The van der Waals surface area contributed by atoms with Gasteiger partial charge in [-0.2, -0.15) is 0 Å². The largest absolute Gasteiger partial charge is 0.481 e. The zero-order chi connectivity index (χ0) is 13.2. The number of rotatable bonds is 5. The lowest BCUT2D eigenvalue weighted by Gasteiger charge is -2.19. The molecule has 1 rings (SSSR count). The Balaban J connectivity index is 2.81. The Kier molecular flexibility index (Phi) is 4.66. The first-order valence-corrected chi connectivity index (χ1v) is 6.69. The molecule has 0 radical (unpaired) electrons. The van der Waals surface area contributed by atoms with Crippen LogP contribution in [0.25, 0.3) is 0 Å². The Morgan fingerprint density at radius 2 is 2.24 bits per heavy atom. The van der Waals surface area contributed by atoms with E-state index in [-0.39, 0.29) is 11.3 Å². The standard InChI is InChI=1S/C11H13BrF2O2S/c1-6(3-9(15)16)5-11(13,14)10-8(12)4-7(2)17-10/h4,6H,3,5H2,1-2H3,(H,15,16). The number of carbonyl (C=O) groups is 1. The summed E-state index contributed by atoms with van der Waals surface area (Å²) in [5.41, 5.74) is 0. The summed E-state index contributed by atoms with van der Waals surface area (Å²) < 4.78 is 28.2. The number of hydrogen-bond donors (Lipinski definition) is 1.